The molecule has 2 aromatic rings. The van der Waals surface area contributed by atoms with Gasteiger partial charge >= 0.3 is 5.97 Å². The Morgan fingerprint density at radius 1 is 1.23 bits per heavy atom. The number of hydrogen-bond acceptors (Lipinski definition) is 5. The highest BCUT2D eigenvalue weighted by atomic mass is 35.5. The van der Waals surface area contributed by atoms with Crippen LogP contribution in [0.2, 0.25) is 5.15 Å². The maximum Gasteiger partial charge on any atom is 0.306 e. The number of esters is 1. The van der Waals surface area contributed by atoms with Gasteiger partial charge < -0.3 is 9.47 Å². The van der Waals surface area contributed by atoms with E-state index in [0.29, 0.717) is 17.3 Å². The lowest BCUT2D eigenvalue weighted by atomic mass is 10.3. The number of halogens is 1. The first-order valence-electron chi connectivity index (χ1n) is 6.70. The molecule has 0 saturated heterocycles. The number of nitrogens with zero attached hydrogens (tertiary/aromatic N) is 1. The predicted octanol–water partition coefficient (Wildman–Crippen LogP) is 3.97. The van der Waals surface area contributed by atoms with Gasteiger partial charge in [-0.1, -0.05) is 17.7 Å². The second kappa shape index (κ2) is 8.66. The van der Waals surface area contributed by atoms with Crippen LogP contribution in [0.25, 0.3) is 0 Å². The fourth-order valence-electron chi connectivity index (χ4n) is 1.65. The van der Waals surface area contributed by atoms with E-state index >= 15 is 0 Å². The zero-order valence-electron chi connectivity index (χ0n) is 12.1. The molecule has 4 nitrogen and oxygen atoms in total. The molecule has 0 amide bonds. The Labute approximate surface area is 138 Å². The molecule has 1 aromatic heterocycles. The molecule has 6 heteroatoms. The van der Waals surface area contributed by atoms with Crippen LogP contribution < -0.4 is 4.74 Å². The number of pyridine rings is 1. The Balaban J connectivity index is 1.67. The Bertz CT molecular complexity index is 602. The molecule has 0 spiro atoms. The number of hydrogen-bond donors (Lipinski definition) is 0. The van der Waals surface area contributed by atoms with Crippen LogP contribution in [-0.4, -0.2) is 23.8 Å². The van der Waals surface area contributed by atoms with Crippen molar-refractivity contribution in [3.05, 3.63) is 53.3 Å². The molecule has 0 fully saturated rings. The van der Waals surface area contributed by atoms with Gasteiger partial charge in [-0.05, 0) is 30.3 Å². The lowest BCUT2D eigenvalue weighted by Crippen LogP contribution is -2.05. The Morgan fingerprint density at radius 3 is 2.64 bits per heavy atom. The van der Waals surface area contributed by atoms with E-state index in [1.54, 1.807) is 37.2 Å². The molecule has 0 unspecified atom stereocenters. The zero-order valence-corrected chi connectivity index (χ0v) is 13.7. The molecule has 1 aromatic carbocycles. The van der Waals surface area contributed by atoms with Gasteiger partial charge in [0.2, 0.25) is 0 Å². The molecule has 0 aliphatic heterocycles. The molecule has 116 valence electrons. The molecule has 0 saturated carbocycles. The van der Waals surface area contributed by atoms with Crippen molar-refractivity contribution in [1.82, 2.24) is 4.98 Å². The average molecular weight is 338 g/mol. The van der Waals surface area contributed by atoms with Crippen molar-refractivity contribution in [3.8, 4) is 5.75 Å². The van der Waals surface area contributed by atoms with Crippen LogP contribution in [0.15, 0.2) is 47.5 Å². The Hall–Kier alpha value is -1.72. The fourth-order valence-corrected chi connectivity index (χ4v) is 2.60. The van der Waals surface area contributed by atoms with E-state index in [1.165, 1.54) is 0 Å². The monoisotopic (exact) mass is 337 g/mol. The van der Waals surface area contributed by atoms with E-state index in [2.05, 4.69) is 4.98 Å². The van der Waals surface area contributed by atoms with Crippen LogP contribution in [0.4, 0.5) is 0 Å². The third kappa shape index (κ3) is 5.58. The van der Waals surface area contributed by atoms with Gasteiger partial charge in [-0.15, -0.1) is 11.8 Å². The molecule has 0 radical (unpaired) electrons. The summed E-state index contributed by atoms with van der Waals surface area (Å²) in [5, 5.41) is 0.422. The van der Waals surface area contributed by atoms with E-state index in [9.17, 15) is 4.79 Å². The number of methoxy groups -OCH3 is 1. The summed E-state index contributed by atoms with van der Waals surface area (Å²) in [6.45, 7) is 0.218. The van der Waals surface area contributed by atoms with Crippen LogP contribution in [0.1, 0.15) is 12.0 Å². The molecular formula is C16H16ClNO3S. The fraction of sp³-hybridized carbons (Fsp3) is 0.250. The summed E-state index contributed by atoms with van der Waals surface area (Å²) < 4.78 is 10.3. The Kier molecular flexibility index (Phi) is 6.55. The largest absolute Gasteiger partial charge is 0.497 e. The van der Waals surface area contributed by atoms with Gasteiger partial charge in [-0.3, -0.25) is 4.79 Å². The molecule has 0 bridgehead atoms. The Morgan fingerprint density at radius 2 is 2.00 bits per heavy atom. The molecule has 0 aliphatic rings. The molecule has 2 rings (SSSR count). The maximum atomic E-state index is 11.7. The van der Waals surface area contributed by atoms with Crippen molar-refractivity contribution in [1.29, 1.82) is 0 Å². The number of benzene rings is 1. The van der Waals surface area contributed by atoms with E-state index < -0.39 is 0 Å². The van der Waals surface area contributed by atoms with Gasteiger partial charge in [0.15, 0.2) is 0 Å². The normalized spacial score (nSPS) is 10.3. The standard InChI is InChI=1S/C16H16ClNO3S/c1-20-13-3-5-14(6-4-13)22-9-8-16(19)21-11-12-2-7-15(17)18-10-12/h2-7,10H,8-9,11H2,1H3. The maximum absolute atomic E-state index is 11.7. The summed E-state index contributed by atoms with van der Waals surface area (Å²) in [4.78, 5) is 16.7. The zero-order chi connectivity index (χ0) is 15.8. The van der Waals surface area contributed by atoms with Crippen molar-refractivity contribution in [2.75, 3.05) is 12.9 Å². The number of carbonyl (C=O) groups is 1. The predicted molar refractivity (Wildman–Crippen MR) is 87.4 cm³/mol. The van der Waals surface area contributed by atoms with Gasteiger partial charge in [0.1, 0.15) is 17.5 Å². The van der Waals surface area contributed by atoms with E-state index in [4.69, 9.17) is 21.1 Å². The van der Waals surface area contributed by atoms with Crippen LogP contribution >= 0.6 is 23.4 Å². The summed E-state index contributed by atoms with van der Waals surface area (Å²) >= 11 is 7.30. The second-order valence-electron chi connectivity index (χ2n) is 4.42. The van der Waals surface area contributed by atoms with Gasteiger partial charge in [-0.25, -0.2) is 4.98 Å². The van der Waals surface area contributed by atoms with Crippen molar-refractivity contribution in [2.24, 2.45) is 0 Å². The summed E-state index contributed by atoms with van der Waals surface area (Å²) in [6.07, 6.45) is 1.96. The average Bonchev–Trinajstić information content (AvgIpc) is 2.55. The number of carbonyl (C=O) groups excluding carboxylic acids is 1. The van der Waals surface area contributed by atoms with Crippen LogP contribution in [0.3, 0.4) is 0 Å². The molecule has 22 heavy (non-hydrogen) atoms. The van der Waals surface area contributed by atoms with E-state index in [-0.39, 0.29) is 12.6 Å². The molecule has 0 atom stereocenters. The van der Waals surface area contributed by atoms with Crippen molar-refractivity contribution in [3.63, 3.8) is 0 Å². The lowest BCUT2D eigenvalue weighted by Gasteiger charge is -2.05. The molecule has 0 N–H and O–H groups in total. The van der Waals surface area contributed by atoms with Gasteiger partial charge in [0.25, 0.3) is 0 Å². The third-order valence-electron chi connectivity index (χ3n) is 2.82. The van der Waals surface area contributed by atoms with Gasteiger partial charge in [0.05, 0.1) is 13.5 Å². The smallest absolute Gasteiger partial charge is 0.306 e. The molecule has 0 aliphatic carbocycles. The highest BCUT2D eigenvalue weighted by Crippen LogP contribution is 2.22. The van der Waals surface area contributed by atoms with Crippen molar-refractivity contribution >= 4 is 29.3 Å². The van der Waals surface area contributed by atoms with Crippen molar-refractivity contribution in [2.45, 2.75) is 17.9 Å². The summed E-state index contributed by atoms with van der Waals surface area (Å²) in [5.74, 6) is 1.26. The van der Waals surface area contributed by atoms with E-state index in [0.717, 1.165) is 16.2 Å². The third-order valence-corrected chi connectivity index (χ3v) is 4.06. The van der Waals surface area contributed by atoms with Crippen LogP contribution in [0.5, 0.6) is 5.75 Å². The summed E-state index contributed by atoms with van der Waals surface area (Å²) in [6, 6.07) is 11.2. The minimum atomic E-state index is -0.226. The number of thioether (sulfide) groups is 1. The van der Waals surface area contributed by atoms with E-state index in [1.807, 2.05) is 24.3 Å². The minimum absolute atomic E-state index is 0.218. The van der Waals surface area contributed by atoms with Gasteiger partial charge in [0, 0.05) is 22.4 Å². The first-order valence-corrected chi connectivity index (χ1v) is 8.06. The molecular weight excluding hydrogens is 322 g/mol. The topological polar surface area (TPSA) is 48.4 Å². The number of aromatic nitrogens is 1. The van der Waals surface area contributed by atoms with Crippen LogP contribution in [0, 0.1) is 0 Å². The number of rotatable bonds is 7. The number of ether oxygens (including phenoxy) is 2. The quantitative estimate of drug-likeness (QED) is 0.434. The molecule has 1 heterocycles. The lowest BCUT2D eigenvalue weighted by molar-refractivity contribution is -0.144. The first kappa shape index (κ1) is 16.6. The summed E-state index contributed by atoms with van der Waals surface area (Å²) in [5.41, 5.74) is 0.820. The second-order valence-corrected chi connectivity index (χ2v) is 5.98. The highest BCUT2D eigenvalue weighted by molar-refractivity contribution is 7.99. The van der Waals surface area contributed by atoms with Crippen molar-refractivity contribution < 1.29 is 14.3 Å². The van der Waals surface area contributed by atoms with Crippen LogP contribution in [-0.2, 0) is 16.1 Å². The summed E-state index contributed by atoms with van der Waals surface area (Å²) in [7, 11) is 1.63. The highest BCUT2D eigenvalue weighted by Gasteiger charge is 2.05. The van der Waals surface area contributed by atoms with Gasteiger partial charge in [-0.2, -0.15) is 0 Å². The first-order chi connectivity index (χ1) is 10.7. The minimum Gasteiger partial charge on any atom is -0.497 e. The SMILES string of the molecule is COc1ccc(SCCC(=O)OCc2ccc(Cl)nc2)cc1.